The fraction of sp³-hybridized carbons (Fsp3) is 0.909. The van der Waals surface area contributed by atoms with Crippen LogP contribution in [0.4, 0.5) is 4.79 Å². The number of amides is 3. The van der Waals surface area contributed by atoms with Crippen LogP contribution in [0.2, 0.25) is 0 Å². The Kier molecular flexibility index (Phi) is 6.99. The number of hydrogen-bond acceptors (Lipinski definition) is 3. The van der Waals surface area contributed by atoms with Gasteiger partial charge < -0.3 is 10.6 Å². The number of unbranched alkanes of at least 4 members (excludes halogenated alkanes) is 5. The Morgan fingerprint density at radius 2 is 1.63 bits per heavy atom. The fourth-order valence-corrected chi connectivity index (χ4v) is 5.07. The van der Waals surface area contributed by atoms with Crippen LogP contribution >= 0.6 is 0 Å². The molecule has 5 nitrogen and oxygen atoms in total. The summed E-state index contributed by atoms with van der Waals surface area (Å²) in [5, 5.41) is 6.96. The molecule has 1 spiro atoms. The van der Waals surface area contributed by atoms with Crippen LogP contribution in [0, 0.1) is 5.92 Å². The molecule has 0 saturated carbocycles. The second-order valence-corrected chi connectivity index (χ2v) is 9.33. The summed E-state index contributed by atoms with van der Waals surface area (Å²) < 4.78 is 0. The number of carbonyl (C=O) groups excluding carboxylic acids is 2. The van der Waals surface area contributed by atoms with Crippen molar-refractivity contribution < 1.29 is 9.59 Å². The van der Waals surface area contributed by atoms with E-state index < -0.39 is 5.54 Å². The number of rotatable bonds is 9. The van der Waals surface area contributed by atoms with E-state index in [-0.39, 0.29) is 28.9 Å². The number of hydrogen-bond donors (Lipinski definition) is 2. The molecule has 27 heavy (non-hydrogen) atoms. The quantitative estimate of drug-likeness (QED) is 0.454. The molecule has 2 heterocycles. The van der Waals surface area contributed by atoms with Gasteiger partial charge in [-0.05, 0) is 39.5 Å². The smallest absolute Gasteiger partial charge is 0.323 e. The lowest BCUT2D eigenvalue weighted by Gasteiger charge is -2.56. The van der Waals surface area contributed by atoms with Gasteiger partial charge in [-0.25, -0.2) is 4.79 Å². The Hall–Kier alpha value is -1.10. The molecule has 0 aliphatic carbocycles. The maximum Gasteiger partial charge on any atom is 0.325 e. The number of imide groups is 1. The van der Waals surface area contributed by atoms with Crippen molar-refractivity contribution in [3.8, 4) is 0 Å². The first-order valence-electron chi connectivity index (χ1n) is 11.1. The van der Waals surface area contributed by atoms with Crippen molar-refractivity contribution in [3.05, 3.63) is 0 Å². The molecule has 156 valence electrons. The predicted molar refractivity (Wildman–Crippen MR) is 111 cm³/mol. The second-order valence-electron chi connectivity index (χ2n) is 9.33. The maximum atomic E-state index is 13.5. The molecule has 2 rings (SSSR count). The Morgan fingerprint density at radius 1 is 1.00 bits per heavy atom. The van der Waals surface area contributed by atoms with Gasteiger partial charge in [0.25, 0.3) is 5.91 Å². The first kappa shape index (κ1) is 22.2. The topological polar surface area (TPSA) is 61.4 Å². The van der Waals surface area contributed by atoms with Crippen LogP contribution in [0.1, 0.15) is 99.3 Å². The predicted octanol–water partition coefficient (Wildman–Crippen LogP) is 4.60. The highest BCUT2D eigenvalue weighted by atomic mass is 16.2. The van der Waals surface area contributed by atoms with E-state index in [0.717, 1.165) is 25.7 Å². The maximum absolute atomic E-state index is 13.5. The largest absolute Gasteiger partial charge is 0.325 e. The molecule has 2 saturated heterocycles. The van der Waals surface area contributed by atoms with Gasteiger partial charge in [-0.3, -0.25) is 9.69 Å². The summed E-state index contributed by atoms with van der Waals surface area (Å²) in [5.74, 6) is 0.0371. The van der Waals surface area contributed by atoms with Crippen LogP contribution in [0.5, 0.6) is 0 Å². The average Bonchev–Trinajstić information content (AvgIpc) is 2.87. The molecule has 0 radical (unpaired) electrons. The van der Waals surface area contributed by atoms with Crippen LogP contribution in [0.25, 0.3) is 0 Å². The van der Waals surface area contributed by atoms with Gasteiger partial charge in [0.05, 0.1) is 0 Å². The van der Waals surface area contributed by atoms with Crippen molar-refractivity contribution in [2.75, 3.05) is 6.54 Å². The third-order valence-corrected chi connectivity index (χ3v) is 7.40. The minimum Gasteiger partial charge on any atom is -0.323 e. The molecule has 3 amide bonds. The molecule has 2 aliphatic heterocycles. The van der Waals surface area contributed by atoms with Gasteiger partial charge in [0.15, 0.2) is 0 Å². The van der Waals surface area contributed by atoms with E-state index in [1.807, 2.05) is 0 Å². The van der Waals surface area contributed by atoms with Crippen LogP contribution < -0.4 is 10.6 Å². The van der Waals surface area contributed by atoms with Crippen molar-refractivity contribution in [1.29, 1.82) is 0 Å². The Bertz CT molecular complexity index is 552. The minimum atomic E-state index is -0.778. The van der Waals surface area contributed by atoms with Crippen molar-refractivity contribution in [2.45, 2.75) is 116 Å². The standard InChI is InChI=1S/C22H41N3O2/c1-7-10-11-12-13-14-15-25-18(26)22(23-19(25)27)16-20(5,8-2)24-21(6,9-3)17(22)4/h17,24H,7-16H2,1-6H3,(H,23,27). The monoisotopic (exact) mass is 379 g/mol. The van der Waals surface area contributed by atoms with E-state index in [4.69, 9.17) is 0 Å². The van der Waals surface area contributed by atoms with Gasteiger partial charge in [-0.15, -0.1) is 0 Å². The number of nitrogens with zero attached hydrogens (tertiary/aromatic N) is 1. The van der Waals surface area contributed by atoms with Crippen molar-refractivity contribution in [1.82, 2.24) is 15.5 Å². The minimum absolute atomic E-state index is 0.00518. The van der Waals surface area contributed by atoms with Gasteiger partial charge in [0.1, 0.15) is 5.54 Å². The summed E-state index contributed by atoms with van der Waals surface area (Å²) in [7, 11) is 0. The van der Waals surface area contributed by atoms with Gasteiger partial charge in [-0.2, -0.15) is 0 Å². The zero-order valence-electron chi connectivity index (χ0n) is 18.4. The van der Waals surface area contributed by atoms with Gasteiger partial charge in [0.2, 0.25) is 0 Å². The van der Waals surface area contributed by atoms with Crippen molar-refractivity contribution in [3.63, 3.8) is 0 Å². The first-order valence-corrected chi connectivity index (χ1v) is 11.1. The van der Waals surface area contributed by atoms with E-state index in [1.165, 1.54) is 30.6 Å². The zero-order valence-corrected chi connectivity index (χ0v) is 18.4. The van der Waals surface area contributed by atoms with Crippen molar-refractivity contribution in [2.24, 2.45) is 5.92 Å². The first-order chi connectivity index (χ1) is 12.7. The van der Waals surface area contributed by atoms with E-state index in [9.17, 15) is 9.59 Å². The Balaban J connectivity index is 2.14. The van der Waals surface area contributed by atoms with Gasteiger partial charge in [0, 0.05) is 23.5 Å². The van der Waals surface area contributed by atoms with Crippen LogP contribution in [-0.4, -0.2) is 40.0 Å². The number of urea groups is 1. The second kappa shape index (κ2) is 8.50. The molecule has 4 unspecified atom stereocenters. The van der Waals surface area contributed by atoms with Crippen molar-refractivity contribution >= 4 is 11.9 Å². The molecule has 2 N–H and O–H groups in total. The van der Waals surface area contributed by atoms with E-state index in [0.29, 0.717) is 13.0 Å². The Morgan fingerprint density at radius 3 is 2.22 bits per heavy atom. The summed E-state index contributed by atoms with van der Waals surface area (Å²) in [6.45, 7) is 13.6. The molecule has 0 bridgehead atoms. The highest BCUT2D eigenvalue weighted by Crippen LogP contribution is 2.46. The summed E-state index contributed by atoms with van der Waals surface area (Å²) in [4.78, 5) is 27.7. The lowest BCUT2D eigenvalue weighted by Crippen LogP contribution is -2.74. The van der Waals surface area contributed by atoms with Gasteiger partial charge >= 0.3 is 6.03 Å². The summed E-state index contributed by atoms with van der Waals surface area (Å²) >= 11 is 0. The number of nitrogens with one attached hydrogen (secondary N) is 2. The third kappa shape index (κ3) is 4.18. The molecular formula is C22H41N3O2. The molecule has 2 aliphatic rings. The van der Waals surface area contributed by atoms with E-state index in [1.54, 1.807) is 0 Å². The highest BCUT2D eigenvalue weighted by Gasteiger charge is 2.63. The SMILES string of the molecule is CCCCCCCCN1C(=O)NC2(CC(C)(CC)NC(C)(CC)C2C)C1=O. The van der Waals surface area contributed by atoms with Crippen LogP contribution in [0.15, 0.2) is 0 Å². The lowest BCUT2D eigenvalue weighted by molar-refractivity contribution is -0.138. The molecule has 0 aromatic carbocycles. The normalized spacial score (nSPS) is 36.5. The number of carbonyl (C=O) groups is 2. The van der Waals surface area contributed by atoms with Gasteiger partial charge in [-0.1, -0.05) is 59.8 Å². The highest BCUT2D eigenvalue weighted by molar-refractivity contribution is 6.07. The van der Waals surface area contributed by atoms with E-state index >= 15 is 0 Å². The number of piperidine rings is 1. The van der Waals surface area contributed by atoms with E-state index in [2.05, 4.69) is 52.2 Å². The van der Waals surface area contributed by atoms with Crippen LogP contribution in [-0.2, 0) is 4.79 Å². The summed E-state index contributed by atoms with van der Waals surface area (Å²) in [5.41, 5.74) is -1.11. The molecular weight excluding hydrogens is 338 g/mol. The summed E-state index contributed by atoms with van der Waals surface area (Å²) in [6.07, 6.45) is 9.42. The Labute approximate surface area is 166 Å². The third-order valence-electron chi connectivity index (χ3n) is 7.40. The average molecular weight is 380 g/mol. The molecule has 0 aromatic rings. The molecule has 4 atom stereocenters. The fourth-order valence-electron chi connectivity index (χ4n) is 5.07. The van der Waals surface area contributed by atoms with Crippen LogP contribution in [0.3, 0.4) is 0 Å². The lowest BCUT2D eigenvalue weighted by atomic mass is 9.61. The molecule has 2 fully saturated rings. The summed E-state index contributed by atoms with van der Waals surface area (Å²) in [6, 6.07) is -0.195. The molecule has 0 aromatic heterocycles. The molecule has 5 heteroatoms. The zero-order chi connectivity index (χ0) is 20.3.